The molecule has 8 heteroatoms. The maximum Gasteiger partial charge on any atom is 0.257 e. The van der Waals surface area contributed by atoms with Crippen molar-refractivity contribution in [3.63, 3.8) is 0 Å². The zero-order valence-corrected chi connectivity index (χ0v) is 20.6. The second kappa shape index (κ2) is 10.2. The van der Waals surface area contributed by atoms with Gasteiger partial charge < -0.3 is 9.64 Å². The normalized spacial score (nSPS) is 11.6. The molecular formula is C25H31N3O4S. The molecule has 0 aliphatic carbocycles. The van der Waals surface area contributed by atoms with Crippen LogP contribution in [0.4, 0.5) is 0 Å². The predicted octanol–water partition coefficient (Wildman–Crippen LogP) is 4.25. The molecule has 176 valence electrons. The second-order valence-electron chi connectivity index (χ2n) is 8.52. The van der Waals surface area contributed by atoms with Gasteiger partial charge in [0.1, 0.15) is 5.75 Å². The van der Waals surface area contributed by atoms with Crippen molar-refractivity contribution in [1.29, 1.82) is 0 Å². The molecule has 1 aromatic heterocycles. The molecule has 0 N–H and O–H groups in total. The second-order valence-corrected chi connectivity index (χ2v) is 10.5. The van der Waals surface area contributed by atoms with Crippen molar-refractivity contribution in [2.24, 2.45) is 0 Å². The van der Waals surface area contributed by atoms with Crippen molar-refractivity contribution in [3.05, 3.63) is 71.5 Å². The minimum absolute atomic E-state index is 0.0869. The number of amides is 1. The molecule has 0 spiro atoms. The van der Waals surface area contributed by atoms with Gasteiger partial charge in [0, 0.05) is 19.8 Å². The molecule has 0 fully saturated rings. The minimum atomic E-state index is -3.28. The molecule has 0 aliphatic heterocycles. The Hall–Kier alpha value is -3.13. The Morgan fingerprint density at radius 2 is 1.85 bits per heavy atom. The Morgan fingerprint density at radius 1 is 1.15 bits per heavy atom. The summed E-state index contributed by atoms with van der Waals surface area (Å²) in [5, 5.41) is 4.50. The van der Waals surface area contributed by atoms with Crippen molar-refractivity contribution < 1.29 is 17.9 Å². The Morgan fingerprint density at radius 3 is 2.48 bits per heavy atom. The van der Waals surface area contributed by atoms with E-state index in [1.807, 2.05) is 35.9 Å². The van der Waals surface area contributed by atoms with Gasteiger partial charge in [-0.15, -0.1) is 0 Å². The van der Waals surface area contributed by atoms with Crippen molar-refractivity contribution in [1.82, 2.24) is 14.7 Å². The number of hydrogen-bond donors (Lipinski definition) is 0. The van der Waals surface area contributed by atoms with Crippen LogP contribution in [0.25, 0.3) is 5.69 Å². The number of carbonyl (C=O) groups excluding carboxylic acids is 1. The summed E-state index contributed by atoms with van der Waals surface area (Å²) in [4.78, 5) is 15.0. The lowest BCUT2D eigenvalue weighted by Gasteiger charge is -2.19. The van der Waals surface area contributed by atoms with E-state index in [1.54, 1.807) is 30.3 Å². The highest BCUT2D eigenvalue weighted by molar-refractivity contribution is 7.90. The van der Waals surface area contributed by atoms with Gasteiger partial charge in [-0.05, 0) is 49.6 Å². The number of aryl methyl sites for hydroxylation is 1. The van der Waals surface area contributed by atoms with Gasteiger partial charge in [0.25, 0.3) is 5.91 Å². The van der Waals surface area contributed by atoms with Crippen molar-refractivity contribution in [3.8, 4) is 11.4 Å². The summed E-state index contributed by atoms with van der Waals surface area (Å²) in [6.45, 7) is 7.00. The smallest absolute Gasteiger partial charge is 0.257 e. The number of hydrogen-bond acceptors (Lipinski definition) is 5. The fourth-order valence-corrected chi connectivity index (χ4v) is 4.22. The van der Waals surface area contributed by atoms with Gasteiger partial charge in [0.15, 0.2) is 9.84 Å². The maximum atomic E-state index is 13.2. The predicted molar refractivity (Wildman–Crippen MR) is 129 cm³/mol. The number of aromatic nitrogens is 2. The monoisotopic (exact) mass is 469 g/mol. The van der Waals surface area contributed by atoms with Crippen LogP contribution < -0.4 is 4.74 Å². The highest BCUT2D eigenvalue weighted by Crippen LogP contribution is 2.24. The van der Waals surface area contributed by atoms with E-state index >= 15 is 0 Å². The molecule has 0 bridgehead atoms. The lowest BCUT2D eigenvalue weighted by atomic mass is 10.0. The highest BCUT2D eigenvalue weighted by Gasteiger charge is 2.23. The molecule has 7 nitrogen and oxygen atoms in total. The van der Waals surface area contributed by atoms with Gasteiger partial charge in [-0.2, -0.15) is 5.10 Å². The average molecular weight is 470 g/mol. The molecule has 0 radical (unpaired) electrons. The van der Waals surface area contributed by atoms with Crippen LogP contribution in [-0.2, 0) is 9.84 Å². The summed E-state index contributed by atoms with van der Waals surface area (Å²) in [5.74, 6) is 0.524. The van der Waals surface area contributed by atoms with Gasteiger partial charge >= 0.3 is 0 Å². The van der Waals surface area contributed by atoms with Gasteiger partial charge in [0.2, 0.25) is 0 Å². The van der Waals surface area contributed by atoms with Gasteiger partial charge in [-0.1, -0.05) is 37.6 Å². The van der Waals surface area contributed by atoms with E-state index < -0.39 is 9.84 Å². The molecule has 1 heterocycles. The third kappa shape index (κ3) is 6.01. The number of rotatable bonds is 9. The zero-order chi connectivity index (χ0) is 24.2. The van der Waals surface area contributed by atoms with E-state index in [4.69, 9.17) is 4.74 Å². The topological polar surface area (TPSA) is 81.5 Å². The SMILES string of the molecule is Cc1ccc(-n2ncc(C(=O)N(C)CCCOc3cccc(S(C)(=O)=O)c3)c2C(C)C)cc1. The molecule has 1 amide bonds. The quantitative estimate of drug-likeness (QED) is 0.438. The molecule has 3 aromatic rings. The van der Waals surface area contributed by atoms with Crippen molar-refractivity contribution in [2.75, 3.05) is 26.5 Å². The molecule has 0 saturated heterocycles. The number of sulfone groups is 1. The lowest BCUT2D eigenvalue weighted by Crippen LogP contribution is -2.29. The highest BCUT2D eigenvalue weighted by atomic mass is 32.2. The molecular weight excluding hydrogens is 438 g/mol. The molecule has 0 atom stereocenters. The first kappa shape index (κ1) is 24.5. The van der Waals surface area contributed by atoms with Gasteiger partial charge in [0.05, 0.1) is 34.6 Å². The minimum Gasteiger partial charge on any atom is -0.493 e. The molecule has 0 saturated carbocycles. The fraction of sp³-hybridized carbons (Fsp3) is 0.360. The van der Waals surface area contributed by atoms with Crippen LogP contribution >= 0.6 is 0 Å². The standard InChI is InChI=1S/C25H31N3O4S/c1-18(2)24-23(17-26-28(24)20-12-10-19(3)11-13-20)25(29)27(4)14-7-15-32-21-8-6-9-22(16-21)33(5,30)31/h6,8-13,16-18H,7,14-15H2,1-5H3. The van der Waals surface area contributed by atoms with Crippen LogP contribution in [0.3, 0.4) is 0 Å². The van der Waals surface area contributed by atoms with E-state index in [2.05, 4.69) is 18.9 Å². The number of carbonyl (C=O) groups is 1. The van der Waals surface area contributed by atoms with Crippen molar-refractivity contribution >= 4 is 15.7 Å². The Kier molecular flexibility index (Phi) is 7.58. The number of benzene rings is 2. The first-order valence-electron chi connectivity index (χ1n) is 10.9. The molecule has 2 aromatic carbocycles. The summed E-state index contributed by atoms with van der Waals surface area (Å²) in [5.41, 5.74) is 3.56. The fourth-order valence-electron chi connectivity index (χ4n) is 3.56. The van der Waals surface area contributed by atoms with Crippen LogP contribution in [0.1, 0.15) is 47.8 Å². The van der Waals surface area contributed by atoms with Crippen LogP contribution in [0.2, 0.25) is 0 Å². The third-order valence-electron chi connectivity index (χ3n) is 5.35. The average Bonchev–Trinajstić information content (AvgIpc) is 3.21. The third-order valence-corrected chi connectivity index (χ3v) is 6.46. The van der Waals surface area contributed by atoms with E-state index in [0.717, 1.165) is 11.4 Å². The number of ether oxygens (including phenoxy) is 1. The first-order valence-corrected chi connectivity index (χ1v) is 12.8. The van der Waals surface area contributed by atoms with Crippen LogP contribution in [-0.4, -0.2) is 55.5 Å². The first-order chi connectivity index (χ1) is 15.6. The van der Waals surface area contributed by atoms with Crippen LogP contribution in [0, 0.1) is 6.92 Å². The number of nitrogens with zero attached hydrogens (tertiary/aromatic N) is 3. The van der Waals surface area contributed by atoms with Gasteiger partial charge in [-0.25, -0.2) is 13.1 Å². The summed E-state index contributed by atoms with van der Waals surface area (Å²) in [7, 11) is -1.52. The van der Waals surface area contributed by atoms with E-state index in [1.165, 1.54) is 24.0 Å². The summed E-state index contributed by atoms with van der Waals surface area (Å²) in [6.07, 6.45) is 3.41. The molecule has 0 aliphatic rings. The lowest BCUT2D eigenvalue weighted by molar-refractivity contribution is 0.0786. The Labute approximate surface area is 195 Å². The summed E-state index contributed by atoms with van der Waals surface area (Å²) in [6, 6.07) is 14.5. The molecule has 3 rings (SSSR count). The maximum absolute atomic E-state index is 13.2. The Bertz CT molecular complexity index is 1210. The van der Waals surface area contributed by atoms with Crippen molar-refractivity contribution in [2.45, 2.75) is 38.0 Å². The largest absolute Gasteiger partial charge is 0.493 e. The Balaban J connectivity index is 1.64. The molecule has 33 heavy (non-hydrogen) atoms. The van der Waals surface area contributed by atoms with E-state index in [9.17, 15) is 13.2 Å². The molecule has 0 unspecified atom stereocenters. The summed E-state index contributed by atoms with van der Waals surface area (Å²) < 4.78 is 30.9. The van der Waals surface area contributed by atoms with Gasteiger partial charge in [-0.3, -0.25) is 4.79 Å². The van der Waals surface area contributed by atoms with Crippen LogP contribution in [0.15, 0.2) is 59.6 Å². The van der Waals surface area contributed by atoms with E-state index in [0.29, 0.717) is 30.9 Å². The summed E-state index contributed by atoms with van der Waals surface area (Å²) >= 11 is 0. The van der Waals surface area contributed by atoms with E-state index in [-0.39, 0.29) is 16.7 Å². The van der Waals surface area contributed by atoms with Crippen LogP contribution in [0.5, 0.6) is 5.75 Å². The zero-order valence-electron chi connectivity index (χ0n) is 19.8.